The highest BCUT2D eigenvalue weighted by molar-refractivity contribution is 6.07. The zero-order chi connectivity index (χ0) is 32.6. The van der Waals surface area contributed by atoms with E-state index in [0.717, 1.165) is 55.3 Å². The monoisotopic (exact) mass is 627 g/mol. The fourth-order valence-electron chi connectivity index (χ4n) is 6.37. The molecule has 2 heterocycles. The first-order chi connectivity index (χ1) is 24.2. The normalized spacial score (nSPS) is 11.3. The first-order valence-electron chi connectivity index (χ1n) is 16.4. The van der Waals surface area contributed by atoms with Gasteiger partial charge in [-0.05, 0) is 63.7 Å². The summed E-state index contributed by atoms with van der Waals surface area (Å²) in [5, 5.41) is 2.07. The van der Waals surface area contributed by atoms with Gasteiger partial charge >= 0.3 is 0 Å². The van der Waals surface area contributed by atoms with Crippen LogP contribution in [0.15, 0.2) is 180 Å². The van der Waals surface area contributed by atoms with Crippen molar-refractivity contribution in [3.8, 4) is 67.5 Å². The van der Waals surface area contributed by atoms with Gasteiger partial charge in [0.2, 0.25) is 0 Å². The summed E-state index contributed by atoms with van der Waals surface area (Å²) in [6.07, 6.45) is 0. The minimum atomic E-state index is 0.613. The van der Waals surface area contributed by atoms with Gasteiger partial charge in [0.1, 0.15) is 11.2 Å². The lowest BCUT2D eigenvalue weighted by molar-refractivity contribution is 0.669. The van der Waals surface area contributed by atoms with E-state index in [1.165, 1.54) is 16.7 Å². The lowest BCUT2D eigenvalue weighted by Crippen LogP contribution is -2.00. The molecule has 0 saturated heterocycles. The highest BCUT2D eigenvalue weighted by Crippen LogP contribution is 2.35. The molecule has 0 aliphatic carbocycles. The smallest absolute Gasteiger partial charge is 0.164 e. The van der Waals surface area contributed by atoms with E-state index < -0.39 is 0 Å². The molecule has 0 bridgehead atoms. The second-order valence-electron chi connectivity index (χ2n) is 12.1. The third kappa shape index (κ3) is 5.56. The maximum atomic E-state index is 6.38. The average molecular weight is 628 g/mol. The molecule has 4 heteroatoms. The molecule has 9 rings (SSSR count). The van der Waals surface area contributed by atoms with Gasteiger partial charge in [0.25, 0.3) is 0 Å². The second-order valence-corrected chi connectivity index (χ2v) is 12.1. The number of hydrogen-bond acceptors (Lipinski definition) is 4. The van der Waals surface area contributed by atoms with Crippen molar-refractivity contribution in [2.45, 2.75) is 0 Å². The van der Waals surface area contributed by atoms with Gasteiger partial charge < -0.3 is 4.42 Å². The van der Waals surface area contributed by atoms with Crippen LogP contribution in [0.2, 0.25) is 0 Å². The van der Waals surface area contributed by atoms with Crippen LogP contribution < -0.4 is 0 Å². The van der Waals surface area contributed by atoms with Gasteiger partial charge in [0, 0.05) is 27.5 Å². The topological polar surface area (TPSA) is 51.8 Å². The quantitative estimate of drug-likeness (QED) is 0.184. The Balaban J connectivity index is 1.09. The maximum Gasteiger partial charge on any atom is 0.164 e. The van der Waals surface area contributed by atoms with Crippen LogP contribution in [0.5, 0.6) is 0 Å². The molecule has 0 atom stereocenters. The Hall–Kier alpha value is -6.65. The van der Waals surface area contributed by atoms with E-state index in [-0.39, 0.29) is 0 Å². The minimum Gasteiger partial charge on any atom is -0.456 e. The fourth-order valence-corrected chi connectivity index (χ4v) is 6.37. The molecule has 0 fully saturated rings. The van der Waals surface area contributed by atoms with Gasteiger partial charge in [-0.15, -0.1) is 0 Å². The Morgan fingerprint density at radius 3 is 1.20 bits per heavy atom. The number of hydrogen-bond donors (Lipinski definition) is 0. The van der Waals surface area contributed by atoms with Crippen LogP contribution in [0, 0.1) is 0 Å². The van der Waals surface area contributed by atoms with Gasteiger partial charge in [0.05, 0.1) is 0 Å². The molecule has 49 heavy (non-hydrogen) atoms. The van der Waals surface area contributed by atoms with Crippen molar-refractivity contribution in [1.29, 1.82) is 0 Å². The van der Waals surface area contributed by atoms with Crippen molar-refractivity contribution in [3.63, 3.8) is 0 Å². The molecule has 7 aromatic carbocycles. The zero-order valence-electron chi connectivity index (χ0n) is 26.5. The SMILES string of the molecule is c1ccc(-c2ccc(-c3ccc4c(c3)oc3ccc(-c5nc(-c6ccccc6)nc(-c6ccc(-c7ccccc7)cc6)n5)cc34)cc2)cc1. The van der Waals surface area contributed by atoms with Gasteiger partial charge in [0.15, 0.2) is 17.5 Å². The number of fused-ring (bicyclic) bond motifs is 3. The van der Waals surface area contributed by atoms with Crippen molar-refractivity contribution in [3.05, 3.63) is 176 Å². The van der Waals surface area contributed by atoms with Crippen LogP contribution in [0.3, 0.4) is 0 Å². The molecular formula is C45H29N3O. The molecule has 230 valence electrons. The number of benzene rings is 7. The first kappa shape index (κ1) is 28.6. The third-order valence-electron chi connectivity index (χ3n) is 8.97. The summed E-state index contributed by atoms with van der Waals surface area (Å²) >= 11 is 0. The molecule has 0 saturated carbocycles. The van der Waals surface area contributed by atoms with Gasteiger partial charge in [-0.2, -0.15) is 0 Å². The van der Waals surface area contributed by atoms with E-state index in [1.807, 2.05) is 54.6 Å². The standard InChI is InChI=1S/C45H29N3O/c1-4-10-30(11-5-1)32-16-18-34(19-17-32)37-24-26-39-40-28-38(25-27-41(40)49-42(39)29-37)45-47-43(35-14-8-3-9-15-35)46-44(48-45)36-22-20-33(21-23-36)31-12-6-2-7-13-31/h1-29H. The Bertz CT molecular complexity index is 2560. The number of rotatable bonds is 6. The molecule has 0 spiro atoms. The van der Waals surface area contributed by atoms with Crippen molar-refractivity contribution in [2.75, 3.05) is 0 Å². The first-order valence-corrected chi connectivity index (χ1v) is 16.4. The zero-order valence-corrected chi connectivity index (χ0v) is 26.5. The van der Waals surface area contributed by atoms with Crippen molar-refractivity contribution in [1.82, 2.24) is 15.0 Å². The minimum absolute atomic E-state index is 0.613. The molecule has 0 aliphatic rings. The Morgan fingerprint density at radius 1 is 0.265 bits per heavy atom. The largest absolute Gasteiger partial charge is 0.456 e. The molecule has 2 aromatic heterocycles. The van der Waals surface area contributed by atoms with E-state index in [1.54, 1.807) is 0 Å². The van der Waals surface area contributed by atoms with Crippen LogP contribution in [0.25, 0.3) is 89.5 Å². The van der Waals surface area contributed by atoms with Crippen LogP contribution >= 0.6 is 0 Å². The summed E-state index contributed by atoms with van der Waals surface area (Å²) in [5.41, 5.74) is 11.4. The lowest BCUT2D eigenvalue weighted by Gasteiger charge is -2.09. The summed E-state index contributed by atoms with van der Waals surface area (Å²) < 4.78 is 6.38. The van der Waals surface area contributed by atoms with E-state index in [2.05, 4.69) is 121 Å². The number of aromatic nitrogens is 3. The van der Waals surface area contributed by atoms with Crippen molar-refractivity contribution >= 4 is 21.9 Å². The number of furan rings is 1. The molecule has 0 radical (unpaired) electrons. The maximum absolute atomic E-state index is 6.38. The number of nitrogens with zero attached hydrogens (tertiary/aromatic N) is 3. The predicted molar refractivity (Wildman–Crippen MR) is 200 cm³/mol. The molecule has 4 nitrogen and oxygen atoms in total. The Kier molecular flexibility index (Phi) is 7.10. The summed E-state index contributed by atoms with van der Waals surface area (Å²) in [7, 11) is 0. The Morgan fingerprint density at radius 2 is 0.653 bits per heavy atom. The molecule has 0 aliphatic heterocycles. The van der Waals surface area contributed by atoms with Crippen molar-refractivity contribution in [2.24, 2.45) is 0 Å². The van der Waals surface area contributed by atoms with Crippen molar-refractivity contribution < 1.29 is 4.42 Å². The average Bonchev–Trinajstić information content (AvgIpc) is 3.56. The molecule has 0 amide bonds. The molecule has 0 unspecified atom stereocenters. The van der Waals surface area contributed by atoms with Crippen LogP contribution in [-0.4, -0.2) is 15.0 Å². The third-order valence-corrected chi connectivity index (χ3v) is 8.97. The van der Waals surface area contributed by atoms with E-state index in [4.69, 9.17) is 19.4 Å². The van der Waals surface area contributed by atoms with Gasteiger partial charge in [-0.25, -0.2) is 15.0 Å². The molecular weight excluding hydrogens is 599 g/mol. The highest BCUT2D eigenvalue weighted by Gasteiger charge is 2.15. The van der Waals surface area contributed by atoms with Crippen LogP contribution in [0.4, 0.5) is 0 Å². The second kappa shape index (κ2) is 12.2. The summed E-state index contributed by atoms with van der Waals surface area (Å²) in [4.78, 5) is 14.9. The highest BCUT2D eigenvalue weighted by atomic mass is 16.3. The van der Waals surface area contributed by atoms with E-state index >= 15 is 0 Å². The fraction of sp³-hybridized carbons (Fsp3) is 0. The van der Waals surface area contributed by atoms with Crippen LogP contribution in [0.1, 0.15) is 0 Å². The van der Waals surface area contributed by atoms with Crippen LogP contribution in [-0.2, 0) is 0 Å². The summed E-state index contributed by atoms with van der Waals surface area (Å²) in [6.45, 7) is 0. The molecule has 9 aromatic rings. The van der Waals surface area contributed by atoms with Gasteiger partial charge in [-0.1, -0.05) is 146 Å². The molecule has 0 N–H and O–H groups in total. The van der Waals surface area contributed by atoms with E-state index in [0.29, 0.717) is 17.5 Å². The van der Waals surface area contributed by atoms with E-state index in [9.17, 15) is 0 Å². The Labute approximate surface area is 284 Å². The van der Waals surface area contributed by atoms with Gasteiger partial charge in [-0.3, -0.25) is 0 Å². The summed E-state index contributed by atoms with van der Waals surface area (Å²) in [5.74, 6) is 1.87. The predicted octanol–water partition coefficient (Wildman–Crippen LogP) is 11.8. The summed E-state index contributed by atoms with van der Waals surface area (Å²) in [6, 6.07) is 60.5. The lowest BCUT2D eigenvalue weighted by atomic mass is 9.99.